The van der Waals surface area contributed by atoms with Gasteiger partial charge in [0.25, 0.3) is 0 Å². The van der Waals surface area contributed by atoms with Crippen molar-refractivity contribution in [1.82, 2.24) is 14.8 Å². The molecule has 2 heterocycles. The van der Waals surface area contributed by atoms with Crippen molar-refractivity contribution in [3.8, 4) is 5.75 Å². The molecule has 1 aliphatic rings. The predicted molar refractivity (Wildman–Crippen MR) is 93.4 cm³/mol. The van der Waals surface area contributed by atoms with Crippen LogP contribution >= 0.6 is 0 Å². The van der Waals surface area contributed by atoms with Gasteiger partial charge in [0.05, 0.1) is 7.11 Å². The molecule has 0 bridgehead atoms. The number of esters is 1. The lowest BCUT2D eigenvalue weighted by molar-refractivity contribution is 0.0590. The van der Waals surface area contributed by atoms with Crippen molar-refractivity contribution in [1.29, 1.82) is 0 Å². The molecule has 6 heteroatoms. The number of carbonyl (C=O) groups excluding carboxylic acids is 1. The lowest BCUT2D eigenvalue weighted by Crippen LogP contribution is -2.46. The number of carbonyl (C=O) groups is 1. The Labute approximate surface area is 144 Å². The quantitative estimate of drug-likeness (QED) is 0.578. The van der Waals surface area contributed by atoms with E-state index in [1.165, 1.54) is 45.8 Å². The molecule has 0 amide bonds. The fraction of sp³-hybridized carbons (Fsp3) is 0.667. The maximum Gasteiger partial charge on any atom is 0.360 e. The summed E-state index contributed by atoms with van der Waals surface area (Å²) in [6.45, 7) is 9.26. The largest absolute Gasteiger partial charge is 0.505 e. The Bertz CT molecular complexity index is 528. The van der Waals surface area contributed by atoms with Crippen LogP contribution < -0.4 is 0 Å². The highest BCUT2D eigenvalue weighted by molar-refractivity contribution is 5.90. The SMILES string of the molecule is CCN1CCN(CCCCCc2ccc(O)c(C(=O)OC)n2)CC1. The molecule has 1 N–H and O–H groups in total. The predicted octanol–water partition coefficient (Wildman–Crippen LogP) is 1.92. The molecule has 0 spiro atoms. The Kier molecular flexibility index (Phi) is 7.46. The van der Waals surface area contributed by atoms with Crippen molar-refractivity contribution in [2.75, 3.05) is 46.4 Å². The van der Waals surface area contributed by atoms with E-state index in [2.05, 4.69) is 26.4 Å². The van der Waals surface area contributed by atoms with Crippen LogP contribution in [0.2, 0.25) is 0 Å². The van der Waals surface area contributed by atoms with Crippen molar-refractivity contribution in [2.24, 2.45) is 0 Å². The second-order valence-electron chi connectivity index (χ2n) is 6.25. The number of nitrogens with zero attached hydrogens (tertiary/aromatic N) is 3. The number of unbranched alkanes of at least 4 members (excludes halogenated alkanes) is 2. The number of methoxy groups -OCH3 is 1. The first-order valence-electron chi connectivity index (χ1n) is 8.86. The summed E-state index contributed by atoms with van der Waals surface area (Å²) in [6.07, 6.45) is 4.18. The van der Waals surface area contributed by atoms with Crippen molar-refractivity contribution in [3.63, 3.8) is 0 Å². The number of hydrogen-bond acceptors (Lipinski definition) is 6. The van der Waals surface area contributed by atoms with E-state index in [1.807, 2.05) is 0 Å². The molecule has 6 nitrogen and oxygen atoms in total. The number of aromatic nitrogens is 1. The van der Waals surface area contributed by atoms with Crippen LogP contribution in [0.3, 0.4) is 0 Å². The average Bonchev–Trinajstić information content (AvgIpc) is 2.62. The van der Waals surface area contributed by atoms with Crippen LogP contribution in [-0.2, 0) is 11.2 Å². The number of pyridine rings is 1. The topological polar surface area (TPSA) is 65.9 Å². The van der Waals surface area contributed by atoms with Gasteiger partial charge in [-0.1, -0.05) is 13.3 Å². The van der Waals surface area contributed by atoms with Gasteiger partial charge < -0.3 is 19.6 Å². The minimum Gasteiger partial charge on any atom is -0.505 e. The third kappa shape index (κ3) is 5.46. The molecule has 1 aromatic rings. The molecule has 1 aliphatic heterocycles. The van der Waals surface area contributed by atoms with Crippen molar-refractivity contribution >= 4 is 5.97 Å². The minimum atomic E-state index is -0.597. The van der Waals surface area contributed by atoms with Crippen molar-refractivity contribution in [3.05, 3.63) is 23.5 Å². The Morgan fingerprint density at radius 3 is 2.54 bits per heavy atom. The van der Waals surface area contributed by atoms with Gasteiger partial charge in [-0.2, -0.15) is 0 Å². The maximum atomic E-state index is 11.5. The molecule has 0 atom stereocenters. The first kappa shape index (κ1) is 18.7. The zero-order chi connectivity index (χ0) is 17.4. The molecule has 1 aromatic heterocycles. The second-order valence-corrected chi connectivity index (χ2v) is 6.25. The van der Waals surface area contributed by atoms with E-state index in [0.717, 1.165) is 38.0 Å². The van der Waals surface area contributed by atoms with E-state index in [1.54, 1.807) is 6.07 Å². The lowest BCUT2D eigenvalue weighted by Gasteiger charge is -2.33. The summed E-state index contributed by atoms with van der Waals surface area (Å²) in [5.41, 5.74) is 0.827. The summed E-state index contributed by atoms with van der Waals surface area (Å²) in [5.74, 6) is -0.725. The first-order valence-corrected chi connectivity index (χ1v) is 8.86. The normalized spacial score (nSPS) is 16.2. The highest BCUT2D eigenvalue weighted by Crippen LogP contribution is 2.17. The Balaban J connectivity index is 1.67. The van der Waals surface area contributed by atoms with Crippen LogP contribution in [0, 0.1) is 0 Å². The number of rotatable bonds is 8. The summed E-state index contributed by atoms with van der Waals surface area (Å²) in [7, 11) is 1.29. The highest BCUT2D eigenvalue weighted by Gasteiger charge is 2.15. The van der Waals surface area contributed by atoms with Gasteiger partial charge in [-0.05, 0) is 44.5 Å². The molecular formula is C18H29N3O3. The van der Waals surface area contributed by atoms with E-state index in [4.69, 9.17) is 0 Å². The summed E-state index contributed by atoms with van der Waals surface area (Å²) < 4.78 is 4.63. The minimum absolute atomic E-state index is 0.00351. The van der Waals surface area contributed by atoms with E-state index in [0.29, 0.717) is 0 Å². The smallest absolute Gasteiger partial charge is 0.360 e. The van der Waals surface area contributed by atoms with Gasteiger partial charge in [-0.15, -0.1) is 0 Å². The number of likely N-dealkylation sites (N-methyl/N-ethyl adjacent to an activating group) is 1. The molecule has 0 saturated carbocycles. The number of piperazine rings is 1. The van der Waals surface area contributed by atoms with E-state index < -0.39 is 5.97 Å². The molecule has 2 rings (SSSR count). The van der Waals surface area contributed by atoms with E-state index in [9.17, 15) is 9.90 Å². The van der Waals surface area contributed by atoms with Crippen LogP contribution in [0.4, 0.5) is 0 Å². The third-order valence-electron chi connectivity index (χ3n) is 4.63. The van der Waals surface area contributed by atoms with Crippen LogP contribution in [0.25, 0.3) is 0 Å². The van der Waals surface area contributed by atoms with Crippen LogP contribution in [0.5, 0.6) is 5.75 Å². The molecule has 0 radical (unpaired) electrons. The third-order valence-corrected chi connectivity index (χ3v) is 4.63. The van der Waals surface area contributed by atoms with Gasteiger partial charge >= 0.3 is 5.97 Å². The van der Waals surface area contributed by atoms with Crippen LogP contribution in [-0.4, -0.2) is 72.2 Å². The fourth-order valence-electron chi connectivity index (χ4n) is 3.03. The molecule has 0 aromatic carbocycles. The Morgan fingerprint density at radius 1 is 1.17 bits per heavy atom. The monoisotopic (exact) mass is 335 g/mol. The number of aryl methyl sites for hydroxylation is 1. The van der Waals surface area contributed by atoms with Gasteiger partial charge in [0, 0.05) is 31.9 Å². The molecule has 134 valence electrons. The summed E-state index contributed by atoms with van der Waals surface area (Å²) in [4.78, 5) is 20.8. The highest BCUT2D eigenvalue weighted by atomic mass is 16.5. The van der Waals surface area contributed by atoms with Crippen LogP contribution in [0.1, 0.15) is 42.4 Å². The van der Waals surface area contributed by atoms with Gasteiger partial charge in [0.1, 0.15) is 5.75 Å². The summed E-state index contributed by atoms with van der Waals surface area (Å²) >= 11 is 0. The standard InChI is InChI=1S/C18H29N3O3/c1-3-20-11-13-21(14-12-20)10-6-4-5-7-15-8-9-16(22)17(19-15)18(23)24-2/h8-9,22H,3-7,10-14H2,1-2H3. The van der Waals surface area contributed by atoms with E-state index >= 15 is 0 Å². The van der Waals surface area contributed by atoms with Gasteiger partial charge in [0.15, 0.2) is 5.69 Å². The number of aromatic hydroxyl groups is 1. The van der Waals surface area contributed by atoms with Crippen molar-refractivity contribution in [2.45, 2.75) is 32.6 Å². The van der Waals surface area contributed by atoms with Gasteiger partial charge in [-0.3, -0.25) is 0 Å². The second kappa shape index (κ2) is 9.59. The van der Waals surface area contributed by atoms with E-state index in [-0.39, 0.29) is 11.4 Å². The lowest BCUT2D eigenvalue weighted by atomic mass is 10.1. The average molecular weight is 335 g/mol. The molecule has 0 unspecified atom stereocenters. The molecule has 1 fully saturated rings. The van der Waals surface area contributed by atoms with Gasteiger partial charge in [0.2, 0.25) is 0 Å². The van der Waals surface area contributed by atoms with Crippen molar-refractivity contribution < 1.29 is 14.6 Å². The Hall–Kier alpha value is -1.66. The number of hydrogen-bond donors (Lipinski definition) is 1. The zero-order valence-electron chi connectivity index (χ0n) is 14.8. The summed E-state index contributed by atoms with van der Waals surface area (Å²) in [6, 6.07) is 3.29. The molecule has 1 saturated heterocycles. The summed E-state index contributed by atoms with van der Waals surface area (Å²) in [5, 5.41) is 9.65. The van der Waals surface area contributed by atoms with Gasteiger partial charge in [-0.25, -0.2) is 9.78 Å². The Morgan fingerprint density at radius 2 is 1.88 bits per heavy atom. The van der Waals surface area contributed by atoms with Crippen LogP contribution in [0.15, 0.2) is 12.1 Å². The fourth-order valence-corrected chi connectivity index (χ4v) is 3.03. The maximum absolute atomic E-state index is 11.5. The molecular weight excluding hydrogens is 306 g/mol. The number of ether oxygens (including phenoxy) is 1. The zero-order valence-corrected chi connectivity index (χ0v) is 14.8. The molecule has 0 aliphatic carbocycles. The molecule has 24 heavy (non-hydrogen) atoms. The first-order chi connectivity index (χ1) is 11.6.